The molecular weight excluding hydrogens is 574 g/mol. The average molecular weight is 593 g/mol. The second kappa shape index (κ2) is 10.5. The van der Waals surface area contributed by atoms with E-state index in [2.05, 4.69) is 37.4 Å². The van der Waals surface area contributed by atoms with E-state index in [0.29, 0.717) is 11.5 Å². The van der Waals surface area contributed by atoms with Gasteiger partial charge in [-0.3, -0.25) is 4.79 Å². The normalized spacial score (nSPS) is 12.3. The Bertz CT molecular complexity index is 1290. The third kappa shape index (κ3) is 6.81. The molecule has 0 amide bonds. The van der Waals surface area contributed by atoms with Gasteiger partial charge in [0.2, 0.25) is 0 Å². The molecule has 0 radical (unpaired) electrons. The Morgan fingerprint density at radius 1 is 1.00 bits per heavy atom. The molecule has 1 aromatic heterocycles. The summed E-state index contributed by atoms with van der Waals surface area (Å²) in [5.41, 5.74) is 2.97. The van der Waals surface area contributed by atoms with Crippen LogP contribution < -0.4 is 4.74 Å². The Kier molecular flexibility index (Phi) is 7.39. The Morgan fingerprint density at radius 3 is 2.29 bits per heavy atom. The van der Waals surface area contributed by atoms with Crippen molar-refractivity contribution in [1.82, 2.24) is 14.8 Å². The van der Waals surface area contributed by atoms with E-state index < -0.39 is 6.36 Å². The smallest absolute Gasteiger partial charge is 0.458 e. The standard InChI is InChI=1S/C25H19F3IN3O3/c1-16(18-6-8-20(29)9-7-18)34-23(33)14-17-2-4-19(5-3-17)24-30-15-32(31-24)21-10-12-22(13-11-21)35-25(26,27)28/h2-13,15-16H,14H2,1H3. The van der Waals surface area contributed by atoms with Gasteiger partial charge in [0, 0.05) is 9.13 Å². The number of rotatable bonds is 7. The molecule has 1 unspecified atom stereocenters. The molecule has 0 N–H and O–H groups in total. The first-order valence-corrected chi connectivity index (χ1v) is 11.6. The van der Waals surface area contributed by atoms with Crippen LogP contribution in [0.5, 0.6) is 5.75 Å². The lowest BCUT2D eigenvalue weighted by atomic mass is 10.1. The summed E-state index contributed by atoms with van der Waals surface area (Å²) < 4.78 is 48.9. The molecule has 3 aromatic carbocycles. The van der Waals surface area contributed by atoms with Gasteiger partial charge in [-0.2, -0.15) is 0 Å². The highest BCUT2D eigenvalue weighted by Crippen LogP contribution is 2.24. The van der Waals surface area contributed by atoms with Crippen molar-refractivity contribution in [3.63, 3.8) is 0 Å². The van der Waals surface area contributed by atoms with E-state index in [1.54, 1.807) is 24.3 Å². The number of halogens is 4. The van der Waals surface area contributed by atoms with Crippen LogP contribution in [-0.4, -0.2) is 27.1 Å². The molecule has 6 nitrogen and oxygen atoms in total. The quantitative estimate of drug-likeness (QED) is 0.186. The van der Waals surface area contributed by atoms with Crippen molar-refractivity contribution in [1.29, 1.82) is 0 Å². The van der Waals surface area contributed by atoms with Crippen molar-refractivity contribution in [3.05, 3.63) is 93.8 Å². The number of carbonyl (C=O) groups excluding carboxylic acids is 1. The molecule has 35 heavy (non-hydrogen) atoms. The van der Waals surface area contributed by atoms with Crippen LogP contribution in [0.25, 0.3) is 17.1 Å². The molecule has 10 heteroatoms. The van der Waals surface area contributed by atoms with Gasteiger partial charge in [-0.15, -0.1) is 18.3 Å². The van der Waals surface area contributed by atoms with Gasteiger partial charge in [-0.05, 0) is 77.0 Å². The summed E-state index contributed by atoms with van der Waals surface area (Å²) in [7, 11) is 0. The van der Waals surface area contributed by atoms with Crippen LogP contribution in [0, 0.1) is 3.57 Å². The number of esters is 1. The lowest BCUT2D eigenvalue weighted by molar-refractivity contribution is -0.274. The van der Waals surface area contributed by atoms with Gasteiger partial charge in [0.05, 0.1) is 12.1 Å². The van der Waals surface area contributed by atoms with Crippen molar-refractivity contribution >= 4 is 28.6 Å². The summed E-state index contributed by atoms with van der Waals surface area (Å²) >= 11 is 2.22. The summed E-state index contributed by atoms with van der Waals surface area (Å²) in [6.07, 6.45) is -3.50. The van der Waals surface area contributed by atoms with E-state index >= 15 is 0 Å². The van der Waals surface area contributed by atoms with E-state index in [-0.39, 0.29) is 24.2 Å². The molecule has 0 aliphatic rings. The molecule has 0 aliphatic heterocycles. The fraction of sp³-hybridized carbons (Fsp3) is 0.160. The van der Waals surface area contributed by atoms with Gasteiger partial charge in [0.15, 0.2) is 5.82 Å². The monoisotopic (exact) mass is 593 g/mol. The maximum absolute atomic E-state index is 12.4. The molecule has 1 atom stereocenters. The van der Waals surface area contributed by atoms with Crippen LogP contribution in [0.1, 0.15) is 24.2 Å². The molecule has 4 rings (SSSR count). The van der Waals surface area contributed by atoms with Crippen molar-refractivity contribution in [2.24, 2.45) is 0 Å². The summed E-state index contributed by atoms with van der Waals surface area (Å²) in [6, 6.07) is 20.3. The van der Waals surface area contributed by atoms with Crippen molar-refractivity contribution in [2.75, 3.05) is 0 Å². The number of hydrogen-bond acceptors (Lipinski definition) is 5. The van der Waals surface area contributed by atoms with Crippen LogP contribution in [-0.2, 0) is 16.0 Å². The Labute approximate surface area is 212 Å². The number of benzene rings is 3. The first-order valence-electron chi connectivity index (χ1n) is 10.5. The van der Waals surface area contributed by atoms with Gasteiger partial charge in [-0.1, -0.05) is 36.4 Å². The highest BCUT2D eigenvalue weighted by atomic mass is 127. The SMILES string of the molecule is CC(OC(=O)Cc1ccc(-c2ncn(-c3ccc(OC(F)(F)F)cc3)n2)cc1)c1ccc(I)cc1. The summed E-state index contributed by atoms with van der Waals surface area (Å²) in [5, 5.41) is 4.38. The maximum Gasteiger partial charge on any atom is 0.573 e. The van der Waals surface area contributed by atoms with E-state index in [1.807, 2.05) is 31.2 Å². The minimum absolute atomic E-state index is 0.128. The largest absolute Gasteiger partial charge is 0.573 e. The van der Waals surface area contributed by atoms with Crippen LogP contribution in [0.15, 0.2) is 79.1 Å². The molecule has 4 aromatic rings. The maximum atomic E-state index is 12.4. The van der Waals surface area contributed by atoms with E-state index in [1.165, 1.54) is 35.3 Å². The van der Waals surface area contributed by atoms with Crippen LogP contribution in [0.3, 0.4) is 0 Å². The van der Waals surface area contributed by atoms with Gasteiger partial charge in [-0.25, -0.2) is 9.67 Å². The predicted octanol–water partition coefficient (Wildman–Crippen LogP) is 6.28. The zero-order chi connectivity index (χ0) is 25.0. The van der Waals surface area contributed by atoms with Gasteiger partial charge >= 0.3 is 12.3 Å². The van der Waals surface area contributed by atoms with Gasteiger partial charge in [0.25, 0.3) is 0 Å². The Balaban J connectivity index is 1.37. The molecule has 0 saturated carbocycles. The van der Waals surface area contributed by atoms with Crippen LogP contribution >= 0.6 is 22.6 Å². The molecule has 0 spiro atoms. The van der Waals surface area contributed by atoms with E-state index in [0.717, 1.165) is 20.3 Å². The third-order valence-electron chi connectivity index (χ3n) is 5.03. The average Bonchev–Trinajstić information content (AvgIpc) is 3.29. The number of aromatic nitrogens is 3. The Morgan fingerprint density at radius 2 is 1.66 bits per heavy atom. The van der Waals surface area contributed by atoms with Gasteiger partial charge in [0.1, 0.15) is 18.2 Å². The number of nitrogens with zero attached hydrogens (tertiary/aromatic N) is 3. The second-order valence-corrected chi connectivity index (χ2v) is 8.86. The summed E-state index contributed by atoms with van der Waals surface area (Å²) in [6.45, 7) is 1.84. The predicted molar refractivity (Wildman–Crippen MR) is 131 cm³/mol. The lowest BCUT2D eigenvalue weighted by Gasteiger charge is -2.14. The van der Waals surface area contributed by atoms with Crippen LogP contribution in [0.4, 0.5) is 13.2 Å². The number of ether oxygens (including phenoxy) is 2. The minimum atomic E-state index is -4.75. The molecular formula is C25H19F3IN3O3. The number of carbonyl (C=O) groups is 1. The fourth-order valence-corrected chi connectivity index (χ4v) is 3.66. The zero-order valence-corrected chi connectivity index (χ0v) is 20.5. The molecule has 180 valence electrons. The summed E-state index contributed by atoms with van der Waals surface area (Å²) in [4.78, 5) is 16.6. The molecule has 0 fully saturated rings. The zero-order valence-electron chi connectivity index (χ0n) is 18.4. The topological polar surface area (TPSA) is 66.2 Å². The number of alkyl halides is 3. The van der Waals surface area contributed by atoms with E-state index in [9.17, 15) is 18.0 Å². The third-order valence-corrected chi connectivity index (χ3v) is 5.75. The molecule has 0 aliphatic carbocycles. The number of hydrogen-bond donors (Lipinski definition) is 0. The van der Waals surface area contributed by atoms with Crippen molar-refractivity contribution in [3.8, 4) is 22.8 Å². The first kappa shape index (κ1) is 24.7. The fourth-order valence-electron chi connectivity index (χ4n) is 3.30. The molecule has 1 heterocycles. The van der Waals surface area contributed by atoms with Crippen molar-refractivity contribution in [2.45, 2.75) is 25.8 Å². The van der Waals surface area contributed by atoms with Crippen LogP contribution in [0.2, 0.25) is 0 Å². The minimum Gasteiger partial charge on any atom is -0.458 e. The highest BCUT2D eigenvalue weighted by molar-refractivity contribution is 14.1. The highest BCUT2D eigenvalue weighted by Gasteiger charge is 2.31. The Hall–Kier alpha value is -3.41. The van der Waals surface area contributed by atoms with E-state index in [4.69, 9.17) is 4.74 Å². The summed E-state index contributed by atoms with van der Waals surface area (Å²) in [5.74, 6) is -0.213. The molecule has 0 saturated heterocycles. The lowest BCUT2D eigenvalue weighted by Crippen LogP contribution is -2.17. The second-order valence-electron chi connectivity index (χ2n) is 7.61. The van der Waals surface area contributed by atoms with Gasteiger partial charge < -0.3 is 9.47 Å². The van der Waals surface area contributed by atoms with Crippen molar-refractivity contribution < 1.29 is 27.4 Å². The first-order chi connectivity index (χ1) is 16.7. The molecule has 0 bridgehead atoms.